The fourth-order valence-corrected chi connectivity index (χ4v) is 3.14. The number of nitrogens with zero attached hydrogens (tertiary/aromatic N) is 2. The van der Waals surface area contributed by atoms with Gasteiger partial charge >= 0.3 is 6.18 Å². The molecule has 0 aliphatic heterocycles. The molecule has 0 spiro atoms. The molecule has 4 nitrogen and oxygen atoms in total. The quantitative estimate of drug-likeness (QED) is 0.474. The molecule has 0 radical (unpaired) electrons. The van der Waals surface area contributed by atoms with Crippen molar-refractivity contribution in [2.24, 2.45) is 0 Å². The van der Waals surface area contributed by atoms with Gasteiger partial charge in [-0.3, -0.25) is 4.79 Å². The van der Waals surface area contributed by atoms with E-state index >= 15 is 0 Å². The Kier molecular flexibility index (Phi) is 5.89. The van der Waals surface area contributed by atoms with E-state index in [0.717, 1.165) is 12.1 Å². The molecule has 0 unspecified atom stereocenters. The number of carbonyl (C=O) groups is 1. The number of hydrogen-bond donors (Lipinski definition) is 1. The number of aromatic nitrogens is 2. The number of rotatable bonds is 3. The summed E-state index contributed by atoms with van der Waals surface area (Å²) in [5.74, 6) is -0.742. The standard InChI is InChI=1S/C21H18Cl2F3N3O/c1-20(2,3)17-11-18(29(28-17)16-10-12(22)8-9-15(16)23)27-19(30)13-6-4-5-7-14(13)21(24,25)26/h4-11H,1-3H3,(H,27,30). The number of nitrogens with one attached hydrogen (secondary N) is 1. The first-order chi connectivity index (χ1) is 13.9. The number of anilines is 1. The van der Waals surface area contributed by atoms with Crippen molar-refractivity contribution < 1.29 is 18.0 Å². The van der Waals surface area contributed by atoms with Crippen molar-refractivity contribution in [3.05, 3.63) is 75.4 Å². The summed E-state index contributed by atoms with van der Waals surface area (Å²) in [6.45, 7) is 5.76. The maximum absolute atomic E-state index is 13.3. The van der Waals surface area contributed by atoms with Crippen molar-refractivity contribution in [2.75, 3.05) is 5.32 Å². The predicted octanol–water partition coefficient (Wildman–Crippen LogP) is 6.75. The van der Waals surface area contributed by atoms with Gasteiger partial charge in [-0.2, -0.15) is 18.3 Å². The molecule has 0 fully saturated rings. The van der Waals surface area contributed by atoms with Gasteiger partial charge in [0, 0.05) is 16.5 Å². The molecular weight excluding hydrogens is 438 g/mol. The molecule has 3 aromatic rings. The van der Waals surface area contributed by atoms with Crippen molar-refractivity contribution >= 4 is 34.9 Å². The minimum Gasteiger partial charge on any atom is -0.306 e. The third-order valence-corrected chi connectivity index (χ3v) is 4.89. The van der Waals surface area contributed by atoms with Crippen molar-refractivity contribution in [3.8, 4) is 5.69 Å². The maximum atomic E-state index is 13.3. The third kappa shape index (κ3) is 4.63. The van der Waals surface area contributed by atoms with Crippen LogP contribution in [0.5, 0.6) is 0 Å². The highest BCUT2D eigenvalue weighted by atomic mass is 35.5. The lowest BCUT2D eigenvalue weighted by Gasteiger charge is -2.14. The van der Waals surface area contributed by atoms with Crippen molar-refractivity contribution in [1.29, 1.82) is 0 Å². The number of benzene rings is 2. The van der Waals surface area contributed by atoms with E-state index in [-0.39, 0.29) is 11.2 Å². The molecule has 1 N–H and O–H groups in total. The minimum atomic E-state index is -4.67. The average Bonchev–Trinajstić information content (AvgIpc) is 3.07. The molecule has 1 heterocycles. The molecule has 0 aliphatic carbocycles. The van der Waals surface area contributed by atoms with Crippen molar-refractivity contribution in [1.82, 2.24) is 9.78 Å². The second-order valence-electron chi connectivity index (χ2n) is 7.67. The monoisotopic (exact) mass is 455 g/mol. The zero-order chi connectivity index (χ0) is 22.3. The summed E-state index contributed by atoms with van der Waals surface area (Å²) in [6, 6.07) is 10.9. The van der Waals surface area contributed by atoms with Gasteiger partial charge in [0.25, 0.3) is 5.91 Å². The van der Waals surface area contributed by atoms with E-state index in [9.17, 15) is 18.0 Å². The van der Waals surface area contributed by atoms with Crippen LogP contribution in [0.25, 0.3) is 5.69 Å². The molecule has 3 rings (SSSR count). The smallest absolute Gasteiger partial charge is 0.306 e. The second kappa shape index (κ2) is 7.96. The summed E-state index contributed by atoms with van der Waals surface area (Å²) in [5.41, 5.74) is -0.908. The van der Waals surface area contributed by atoms with E-state index in [0.29, 0.717) is 21.4 Å². The molecule has 0 aliphatic rings. The zero-order valence-corrected chi connectivity index (χ0v) is 17.8. The van der Waals surface area contributed by atoms with Gasteiger partial charge in [-0.15, -0.1) is 0 Å². The molecule has 1 amide bonds. The first-order valence-electron chi connectivity index (χ1n) is 8.91. The van der Waals surface area contributed by atoms with Gasteiger partial charge in [0.1, 0.15) is 5.82 Å². The Morgan fingerprint density at radius 3 is 2.33 bits per heavy atom. The number of carbonyl (C=O) groups excluding carboxylic acids is 1. The highest BCUT2D eigenvalue weighted by molar-refractivity contribution is 6.34. The van der Waals surface area contributed by atoms with E-state index in [2.05, 4.69) is 10.4 Å². The van der Waals surface area contributed by atoms with Crippen LogP contribution < -0.4 is 5.32 Å². The Labute approximate surface area is 181 Å². The SMILES string of the molecule is CC(C)(C)c1cc(NC(=O)c2ccccc2C(F)(F)F)n(-c2cc(Cl)ccc2Cl)n1. The molecule has 0 atom stereocenters. The Balaban J connectivity index is 2.10. The van der Waals surface area contributed by atoms with Gasteiger partial charge in [-0.05, 0) is 30.3 Å². The maximum Gasteiger partial charge on any atom is 0.417 e. The Hall–Kier alpha value is -2.51. The van der Waals surface area contributed by atoms with E-state index in [1.54, 1.807) is 24.3 Å². The number of hydrogen-bond acceptors (Lipinski definition) is 2. The molecule has 158 valence electrons. The first-order valence-corrected chi connectivity index (χ1v) is 9.67. The van der Waals surface area contributed by atoms with E-state index < -0.39 is 23.2 Å². The molecule has 9 heteroatoms. The predicted molar refractivity (Wildman–Crippen MR) is 112 cm³/mol. The van der Waals surface area contributed by atoms with Gasteiger partial charge in [-0.1, -0.05) is 56.1 Å². The number of alkyl halides is 3. The molecule has 0 saturated heterocycles. The van der Waals surface area contributed by atoms with Crippen LogP contribution in [0, 0.1) is 0 Å². The van der Waals surface area contributed by atoms with E-state index in [1.807, 2.05) is 20.8 Å². The molecule has 1 aromatic heterocycles. The zero-order valence-electron chi connectivity index (χ0n) is 16.3. The van der Waals surface area contributed by atoms with Gasteiger partial charge in [0.05, 0.1) is 27.5 Å². The van der Waals surface area contributed by atoms with Gasteiger partial charge < -0.3 is 5.32 Å². The molecule has 0 saturated carbocycles. The normalized spacial score (nSPS) is 12.1. The lowest BCUT2D eigenvalue weighted by molar-refractivity contribution is -0.137. The number of amides is 1. The Bertz CT molecular complexity index is 1100. The topological polar surface area (TPSA) is 46.9 Å². The minimum absolute atomic E-state index is 0.172. The van der Waals surface area contributed by atoms with Crippen LogP contribution in [0.15, 0.2) is 48.5 Å². The van der Waals surface area contributed by atoms with E-state index in [4.69, 9.17) is 23.2 Å². The molecular formula is C21H18Cl2F3N3O. The van der Waals surface area contributed by atoms with Crippen LogP contribution in [0.4, 0.5) is 19.0 Å². The van der Waals surface area contributed by atoms with Crippen LogP contribution in [-0.2, 0) is 11.6 Å². The van der Waals surface area contributed by atoms with Crippen molar-refractivity contribution in [2.45, 2.75) is 32.4 Å². The van der Waals surface area contributed by atoms with Crippen LogP contribution in [0.2, 0.25) is 10.0 Å². The summed E-state index contributed by atoms with van der Waals surface area (Å²) in [7, 11) is 0. The highest BCUT2D eigenvalue weighted by Gasteiger charge is 2.35. The molecule has 2 aromatic carbocycles. The third-order valence-electron chi connectivity index (χ3n) is 4.33. The van der Waals surface area contributed by atoms with Crippen LogP contribution in [0.1, 0.15) is 42.4 Å². The first kappa shape index (κ1) is 22.2. The lowest BCUT2D eigenvalue weighted by Crippen LogP contribution is -2.20. The summed E-state index contributed by atoms with van der Waals surface area (Å²) >= 11 is 12.4. The van der Waals surface area contributed by atoms with Crippen LogP contribution in [0.3, 0.4) is 0 Å². The Morgan fingerprint density at radius 2 is 1.70 bits per heavy atom. The number of halogens is 5. The van der Waals surface area contributed by atoms with Gasteiger partial charge in [0.15, 0.2) is 0 Å². The summed E-state index contributed by atoms with van der Waals surface area (Å²) in [4.78, 5) is 12.8. The fraction of sp³-hybridized carbons (Fsp3) is 0.238. The average molecular weight is 456 g/mol. The van der Waals surface area contributed by atoms with E-state index in [1.165, 1.54) is 16.8 Å². The van der Waals surface area contributed by atoms with Crippen LogP contribution in [-0.4, -0.2) is 15.7 Å². The van der Waals surface area contributed by atoms with Crippen LogP contribution >= 0.6 is 23.2 Å². The summed E-state index contributed by atoms with van der Waals surface area (Å²) < 4.78 is 41.3. The summed E-state index contributed by atoms with van der Waals surface area (Å²) in [6.07, 6.45) is -4.67. The van der Waals surface area contributed by atoms with Gasteiger partial charge in [-0.25, -0.2) is 4.68 Å². The fourth-order valence-electron chi connectivity index (χ4n) is 2.78. The highest BCUT2D eigenvalue weighted by Crippen LogP contribution is 2.34. The largest absolute Gasteiger partial charge is 0.417 e. The Morgan fingerprint density at radius 1 is 1.03 bits per heavy atom. The lowest BCUT2D eigenvalue weighted by atomic mass is 9.92. The molecule has 30 heavy (non-hydrogen) atoms. The summed E-state index contributed by atoms with van der Waals surface area (Å²) in [5, 5.41) is 7.75. The van der Waals surface area contributed by atoms with Gasteiger partial charge in [0.2, 0.25) is 0 Å². The van der Waals surface area contributed by atoms with Crippen molar-refractivity contribution in [3.63, 3.8) is 0 Å². The molecule has 0 bridgehead atoms. The second-order valence-corrected chi connectivity index (χ2v) is 8.51.